The number of rotatable bonds is 13. The molecule has 60 heavy (non-hydrogen) atoms. The van der Waals surface area contributed by atoms with Crippen LogP contribution in [0.1, 0.15) is 118 Å². The van der Waals surface area contributed by atoms with E-state index in [9.17, 15) is 33.6 Å². The zero-order valence-corrected chi connectivity index (χ0v) is 36.9. The van der Waals surface area contributed by atoms with E-state index in [-0.39, 0.29) is 36.2 Å². The molecule has 2 saturated heterocycles. The van der Waals surface area contributed by atoms with E-state index in [2.05, 4.69) is 35.1 Å². The molecule has 3 aliphatic heterocycles. The second-order valence-corrected chi connectivity index (χ2v) is 20.8. The standard InChI is InChI=1S/C45H67N7O8/c1-43(2,3)34(26-50-20-18-45(7,8)23-35(50)53)48-41(58)49-37(44(4,5)6)40(57)52-25-31(60-42(59)51-19-17-28-11-9-10-12-29(28)24-51)22-33(52)38(55)47-32(21-27-13-14-27)36(54)39(56)46-30-15-16-30/h9-12,27,30-34,37H,13-26H2,1-8H3,(H,46,56)(H,47,55)(H2,48,49,58)/t31?,32?,33-,34+,37+/m0/s1. The number of carbonyl (C=O) groups is 7. The average Bonchev–Trinajstić information content (AvgIpc) is 4.11. The van der Waals surface area contributed by atoms with Crippen LogP contribution in [-0.4, -0.2) is 119 Å². The van der Waals surface area contributed by atoms with E-state index in [1.807, 2.05) is 65.8 Å². The molecule has 6 rings (SSSR count). The predicted octanol–water partition coefficient (Wildman–Crippen LogP) is 4.06. The molecule has 2 aliphatic carbocycles. The third-order valence-electron chi connectivity index (χ3n) is 12.7. The molecule has 15 nitrogen and oxygen atoms in total. The molecular weight excluding hydrogens is 767 g/mol. The van der Waals surface area contributed by atoms with Gasteiger partial charge < -0.3 is 40.7 Å². The average molecular weight is 834 g/mol. The third kappa shape index (κ3) is 11.6. The number of hydrogen-bond acceptors (Lipinski definition) is 8. The van der Waals surface area contributed by atoms with Gasteiger partial charge in [0.25, 0.3) is 5.91 Å². The first-order chi connectivity index (χ1) is 28.1. The van der Waals surface area contributed by atoms with E-state index in [4.69, 9.17) is 4.74 Å². The van der Waals surface area contributed by atoms with Gasteiger partial charge in [0.05, 0.1) is 18.6 Å². The summed E-state index contributed by atoms with van der Waals surface area (Å²) in [5, 5.41) is 11.5. The molecule has 5 aliphatic rings. The first-order valence-corrected chi connectivity index (χ1v) is 21.9. The second-order valence-electron chi connectivity index (χ2n) is 20.8. The molecule has 2 saturated carbocycles. The van der Waals surface area contributed by atoms with E-state index in [0.29, 0.717) is 45.4 Å². The van der Waals surface area contributed by atoms with Gasteiger partial charge in [-0.3, -0.25) is 24.0 Å². The van der Waals surface area contributed by atoms with E-state index >= 15 is 0 Å². The molecule has 330 valence electrons. The topological polar surface area (TPSA) is 187 Å². The number of ether oxygens (including phenoxy) is 1. The van der Waals surface area contributed by atoms with E-state index < -0.39 is 76.7 Å². The predicted molar refractivity (Wildman–Crippen MR) is 224 cm³/mol. The van der Waals surface area contributed by atoms with Gasteiger partial charge in [0.15, 0.2) is 0 Å². The molecule has 15 heteroatoms. The highest BCUT2D eigenvalue weighted by atomic mass is 16.6. The van der Waals surface area contributed by atoms with Crippen LogP contribution in [0.25, 0.3) is 0 Å². The van der Waals surface area contributed by atoms with Crippen LogP contribution in [0.3, 0.4) is 0 Å². The number of amides is 7. The Hall–Kier alpha value is -4.69. The minimum absolute atomic E-state index is 0.0359. The van der Waals surface area contributed by atoms with Gasteiger partial charge in [-0.25, -0.2) is 9.59 Å². The van der Waals surface area contributed by atoms with Crippen molar-refractivity contribution in [2.24, 2.45) is 22.2 Å². The van der Waals surface area contributed by atoms with Gasteiger partial charge >= 0.3 is 12.1 Å². The monoisotopic (exact) mass is 834 g/mol. The lowest BCUT2D eigenvalue weighted by molar-refractivity contribution is -0.144. The molecule has 3 heterocycles. The van der Waals surface area contributed by atoms with Gasteiger partial charge in [-0.2, -0.15) is 0 Å². The minimum Gasteiger partial charge on any atom is -0.444 e. The molecule has 0 bridgehead atoms. The van der Waals surface area contributed by atoms with Crippen LogP contribution in [-0.2, 0) is 41.7 Å². The maximum absolute atomic E-state index is 14.8. The second kappa shape index (κ2) is 17.7. The highest BCUT2D eigenvalue weighted by Gasteiger charge is 2.48. The number of likely N-dealkylation sites (tertiary alicyclic amines) is 2. The van der Waals surface area contributed by atoms with Crippen LogP contribution in [0, 0.1) is 22.2 Å². The molecule has 1 aromatic rings. The van der Waals surface area contributed by atoms with Crippen molar-refractivity contribution in [3.05, 3.63) is 35.4 Å². The van der Waals surface area contributed by atoms with Crippen molar-refractivity contribution in [3.8, 4) is 0 Å². The molecule has 0 spiro atoms. The number of benzene rings is 1. The zero-order valence-electron chi connectivity index (χ0n) is 36.9. The van der Waals surface area contributed by atoms with Crippen molar-refractivity contribution in [2.45, 2.75) is 156 Å². The Morgan fingerprint density at radius 1 is 0.883 bits per heavy atom. The van der Waals surface area contributed by atoms with Crippen molar-refractivity contribution < 1.29 is 38.3 Å². The number of nitrogens with one attached hydrogen (secondary N) is 4. The van der Waals surface area contributed by atoms with Gasteiger partial charge in [-0.1, -0.05) is 92.5 Å². The molecule has 0 radical (unpaired) electrons. The highest BCUT2D eigenvalue weighted by molar-refractivity contribution is 6.38. The summed E-state index contributed by atoms with van der Waals surface area (Å²) < 4.78 is 6.02. The summed E-state index contributed by atoms with van der Waals surface area (Å²) in [5.41, 5.74) is 0.815. The normalized spacial score (nSPS) is 23.1. The maximum Gasteiger partial charge on any atom is 0.410 e. The maximum atomic E-state index is 14.8. The Morgan fingerprint density at radius 3 is 2.18 bits per heavy atom. The van der Waals surface area contributed by atoms with Crippen LogP contribution in [0.5, 0.6) is 0 Å². The number of Topliss-reactive ketones (excluding diaryl/α,β-unsaturated/α-hetero) is 1. The van der Waals surface area contributed by atoms with Crippen molar-refractivity contribution >= 4 is 41.5 Å². The van der Waals surface area contributed by atoms with Crippen LogP contribution in [0.15, 0.2) is 24.3 Å². The Labute approximate surface area is 354 Å². The van der Waals surface area contributed by atoms with E-state index in [1.54, 1.807) is 9.80 Å². The Morgan fingerprint density at radius 2 is 1.57 bits per heavy atom. The lowest BCUT2D eigenvalue weighted by Crippen LogP contribution is -2.62. The largest absolute Gasteiger partial charge is 0.444 e. The molecular formula is C45H67N7O8. The summed E-state index contributed by atoms with van der Waals surface area (Å²) in [6, 6.07) is 3.44. The molecule has 1 aromatic carbocycles. The number of fused-ring (bicyclic) bond motifs is 1. The molecule has 7 amide bonds. The Balaban J connectivity index is 1.20. The van der Waals surface area contributed by atoms with Crippen LogP contribution in [0.2, 0.25) is 0 Å². The molecule has 4 fully saturated rings. The van der Waals surface area contributed by atoms with E-state index in [1.165, 1.54) is 10.5 Å². The lowest BCUT2D eigenvalue weighted by atomic mass is 9.81. The Bertz CT molecular complexity index is 1830. The van der Waals surface area contributed by atoms with Gasteiger partial charge in [0.2, 0.25) is 23.5 Å². The molecule has 0 aromatic heterocycles. The number of hydrogen-bond donors (Lipinski definition) is 4. The summed E-state index contributed by atoms with van der Waals surface area (Å²) in [4.78, 5) is 101. The van der Waals surface area contributed by atoms with Crippen molar-refractivity contribution in [3.63, 3.8) is 0 Å². The fourth-order valence-electron chi connectivity index (χ4n) is 8.34. The summed E-state index contributed by atoms with van der Waals surface area (Å²) in [6.07, 6.45) is 4.16. The van der Waals surface area contributed by atoms with Crippen LogP contribution in [0.4, 0.5) is 9.59 Å². The molecule has 5 atom stereocenters. The van der Waals surface area contributed by atoms with Crippen molar-refractivity contribution in [2.75, 3.05) is 26.2 Å². The van der Waals surface area contributed by atoms with Gasteiger partial charge in [-0.15, -0.1) is 0 Å². The summed E-state index contributed by atoms with van der Waals surface area (Å²) in [7, 11) is 0. The first-order valence-electron chi connectivity index (χ1n) is 21.9. The minimum atomic E-state index is -1.16. The van der Waals surface area contributed by atoms with Gasteiger partial charge in [0, 0.05) is 45.1 Å². The van der Waals surface area contributed by atoms with E-state index in [0.717, 1.165) is 37.7 Å². The van der Waals surface area contributed by atoms with Crippen molar-refractivity contribution in [1.29, 1.82) is 0 Å². The lowest BCUT2D eigenvalue weighted by Gasteiger charge is -2.41. The Kier molecular flexibility index (Phi) is 13.3. The number of ketones is 1. The van der Waals surface area contributed by atoms with Gasteiger partial charge in [0.1, 0.15) is 18.2 Å². The molecule has 2 unspecified atom stereocenters. The fraction of sp³-hybridized carbons (Fsp3) is 0.711. The number of nitrogens with zero attached hydrogens (tertiary/aromatic N) is 3. The fourth-order valence-corrected chi connectivity index (χ4v) is 8.34. The highest BCUT2D eigenvalue weighted by Crippen LogP contribution is 2.35. The van der Waals surface area contributed by atoms with Crippen LogP contribution >= 0.6 is 0 Å². The smallest absolute Gasteiger partial charge is 0.410 e. The van der Waals surface area contributed by atoms with Crippen molar-refractivity contribution in [1.82, 2.24) is 36.0 Å². The summed E-state index contributed by atoms with van der Waals surface area (Å²) in [5.74, 6) is -2.41. The quantitative estimate of drug-likeness (QED) is 0.214. The number of piperidine rings is 1. The summed E-state index contributed by atoms with van der Waals surface area (Å²) >= 11 is 0. The van der Waals surface area contributed by atoms with Gasteiger partial charge in [-0.05, 0) is 65.4 Å². The van der Waals surface area contributed by atoms with Crippen LogP contribution < -0.4 is 21.3 Å². The first kappa shape index (κ1) is 44.9. The third-order valence-corrected chi connectivity index (χ3v) is 12.7. The SMILES string of the molecule is CC1(C)CCN(C[C@@H](NC(=O)N[C@H](C(=O)N2CC(OC(=O)N3CCc4ccccc4C3)C[C@H]2C(=O)NC(CC2CC2)C(=O)C(=O)NC2CC2)C(C)(C)C)C(C)(C)C)C(=O)C1. The molecule has 4 N–H and O–H groups in total. The zero-order chi connectivity index (χ0) is 43.7. The number of carbonyl (C=O) groups excluding carboxylic acids is 7. The summed E-state index contributed by atoms with van der Waals surface area (Å²) in [6.45, 7) is 17.1. The number of urea groups is 1.